The number of phenols is 1. The molecule has 0 bridgehead atoms. The van der Waals surface area contributed by atoms with Crippen LogP contribution < -0.4 is 5.32 Å². The SMILES string of the molecule is COC(=O)c1ccc(NC(=O)c2ccc(C(C)(C)C)cc2)c(O)c1. The molecule has 0 aliphatic carbocycles. The van der Waals surface area contributed by atoms with Crippen molar-refractivity contribution in [1.29, 1.82) is 0 Å². The lowest BCUT2D eigenvalue weighted by molar-refractivity contribution is 0.0600. The van der Waals surface area contributed by atoms with Gasteiger partial charge in [-0.1, -0.05) is 32.9 Å². The van der Waals surface area contributed by atoms with E-state index in [0.29, 0.717) is 5.56 Å². The number of anilines is 1. The topological polar surface area (TPSA) is 75.6 Å². The summed E-state index contributed by atoms with van der Waals surface area (Å²) in [5.41, 5.74) is 2.07. The molecule has 126 valence electrons. The number of rotatable bonds is 3. The standard InChI is InChI=1S/C19H21NO4/c1-19(2,3)14-8-5-12(6-9-14)17(22)20-15-10-7-13(11-16(15)21)18(23)24-4/h5-11,21H,1-4H3,(H,20,22). The van der Waals surface area contributed by atoms with Crippen molar-refractivity contribution in [3.63, 3.8) is 0 Å². The summed E-state index contributed by atoms with van der Waals surface area (Å²) < 4.78 is 4.58. The lowest BCUT2D eigenvalue weighted by Crippen LogP contribution is -2.14. The second-order valence-corrected chi connectivity index (χ2v) is 6.50. The Bertz CT molecular complexity index is 758. The summed E-state index contributed by atoms with van der Waals surface area (Å²) in [7, 11) is 1.26. The molecule has 0 heterocycles. The molecule has 0 saturated carbocycles. The zero-order chi connectivity index (χ0) is 17.9. The van der Waals surface area contributed by atoms with E-state index in [2.05, 4.69) is 30.8 Å². The lowest BCUT2D eigenvalue weighted by Gasteiger charge is -2.19. The van der Waals surface area contributed by atoms with Crippen LogP contribution in [0.5, 0.6) is 5.75 Å². The minimum absolute atomic E-state index is 0.0109. The molecule has 2 aromatic rings. The summed E-state index contributed by atoms with van der Waals surface area (Å²) >= 11 is 0. The van der Waals surface area contributed by atoms with Gasteiger partial charge in [-0.3, -0.25) is 4.79 Å². The second-order valence-electron chi connectivity index (χ2n) is 6.50. The van der Waals surface area contributed by atoms with Crippen LogP contribution in [0.4, 0.5) is 5.69 Å². The maximum atomic E-state index is 12.3. The molecule has 2 aromatic carbocycles. The van der Waals surface area contributed by atoms with Gasteiger partial charge in [-0.15, -0.1) is 0 Å². The van der Waals surface area contributed by atoms with Gasteiger partial charge in [0.15, 0.2) is 0 Å². The first-order valence-corrected chi connectivity index (χ1v) is 7.55. The van der Waals surface area contributed by atoms with E-state index < -0.39 is 5.97 Å². The molecular formula is C19H21NO4. The molecular weight excluding hydrogens is 306 g/mol. The highest BCUT2D eigenvalue weighted by Gasteiger charge is 2.15. The molecule has 2 rings (SSSR count). The number of hydrogen-bond acceptors (Lipinski definition) is 4. The first-order valence-electron chi connectivity index (χ1n) is 7.55. The van der Waals surface area contributed by atoms with Crippen molar-refractivity contribution in [3.05, 3.63) is 59.2 Å². The number of carbonyl (C=O) groups is 2. The zero-order valence-corrected chi connectivity index (χ0v) is 14.2. The summed E-state index contributed by atoms with van der Waals surface area (Å²) in [5, 5.41) is 12.6. The van der Waals surface area contributed by atoms with Gasteiger partial charge in [-0.2, -0.15) is 0 Å². The number of amides is 1. The highest BCUT2D eigenvalue weighted by atomic mass is 16.5. The van der Waals surface area contributed by atoms with E-state index in [9.17, 15) is 14.7 Å². The van der Waals surface area contributed by atoms with Crippen LogP contribution in [0.3, 0.4) is 0 Å². The predicted molar refractivity (Wildman–Crippen MR) is 92.5 cm³/mol. The van der Waals surface area contributed by atoms with Crippen molar-refractivity contribution >= 4 is 17.6 Å². The Morgan fingerprint density at radius 1 is 1.00 bits per heavy atom. The van der Waals surface area contributed by atoms with E-state index in [1.54, 1.807) is 12.1 Å². The van der Waals surface area contributed by atoms with Crippen LogP contribution in [-0.4, -0.2) is 24.1 Å². The van der Waals surface area contributed by atoms with Gasteiger partial charge in [0.05, 0.1) is 18.4 Å². The molecule has 0 saturated heterocycles. The maximum Gasteiger partial charge on any atom is 0.337 e. The van der Waals surface area contributed by atoms with Gasteiger partial charge in [0, 0.05) is 5.56 Å². The van der Waals surface area contributed by atoms with E-state index in [-0.39, 0.29) is 28.3 Å². The van der Waals surface area contributed by atoms with Gasteiger partial charge in [0.1, 0.15) is 5.75 Å². The van der Waals surface area contributed by atoms with E-state index >= 15 is 0 Å². The van der Waals surface area contributed by atoms with Crippen LogP contribution in [0.2, 0.25) is 0 Å². The predicted octanol–water partition coefficient (Wildman–Crippen LogP) is 3.73. The number of hydrogen-bond donors (Lipinski definition) is 2. The molecule has 0 spiro atoms. The van der Waals surface area contributed by atoms with E-state index in [1.165, 1.54) is 25.3 Å². The first-order chi connectivity index (χ1) is 11.2. The Morgan fingerprint density at radius 3 is 2.08 bits per heavy atom. The molecule has 2 N–H and O–H groups in total. The summed E-state index contributed by atoms with van der Waals surface area (Å²) in [6.45, 7) is 6.30. The molecule has 0 atom stereocenters. The highest BCUT2D eigenvalue weighted by Crippen LogP contribution is 2.26. The lowest BCUT2D eigenvalue weighted by atomic mass is 9.87. The molecule has 5 nitrogen and oxygen atoms in total. The van der Waals surface area contributed by atoms with E-state index in [4.69, 9.17) is 0 Å². The fourth-order valence-electron chi connectivity index (χ4n) is 2.20. The van der Waals surface area contributed by atoms with Crippen LogP contribution in [0.1, 0.15) is 47.1 Å². The fraction of sp³-hybridized carbons (Fsp3) is 0.263. The fourth-order valence-corrected chi connectivity index (χ4v) is 2.20. The molecule has 0 aromatic heterocycles. The van der Waals surface area contributed by atoms with Crippen molar-refractivity contribution < 1.29 is 19.4 Å². The maximum absolute atomic E-state index is 12.3. The summed E-state index contributed by atoms with van der Waals surface area (Å²) in [5.74, 6) is -1.09. The Labute approximate surface area is 141 Å². The second kappa shape index (κ2) is 6.74. The van der Waals surface area contributed by atoms with Gasteiger partial charge >= 0.3 is 5.97 Å². The van der Waals surface area contributed by atoms with Crippen LogP contribution in [0.25, 0.3) is 0 Å². The molecule has 24 heavy (non-hydrogen) atoms. The van der Waals surface area contributed by atoms with Crippen molar-refractivity contribution in [2.45, 2.75) is 26.2 Å². The monoisotopic (exact) mass is 327 g/mol. The Balaban J connectivity index is 2.16. The summed E-state index contributed by atoms with van der Waals surface area (Å²) in [6.07, 6.45) is 0. The van der Waals surface area contributed by atoms with Crippen molar-refractivity contribution in [2.75, 3.05) is 12.4 Å². The third kappa shape index (κ3) is 3.93. The molecule has 0 radical (unpaired) electrons. The van der Waals surface area contributed by atoms with Crippen molar-refractivity contribution in [1.82, 2.24) is 0 Å². The van der Waals surface area contributed by atoms with Crippen molar-refractivity contribution in [2.24, 2.45) is 0 Å². The Hall–Kier alpha value is -2.82. The van der Waals surface area contributed by atoms with E-state index in [1.807, 2.05) is 12.1 Å². The molecule has 0 aliphatic heterocycles. The number of benzene rings is 2. The van der Waals surface area contributed by atoms with Crippen LogP contribution in [0, 0.1) is 0 Å². The van der Waals surface area contributed by atoms with E-state index in [0.717, 1.165) is 5.56 Å². The minimum atomic E-state index is -0.555. The molecule has 5 heteroatoms. The van der Waals surface area contributed by atoms with Gasteiger partial charge in [-0.05, 0) is 41.3 Å². The smallest absolute Gasteiger partial charge is 0.337 e. The van der Waals surface area contributed by atoms with Gasteiger partial charge < -0.3 is 15.2 Å². The average molecular weight is 327 g/mol. The number of nitrogens with one attached hydrogen (secondary N) is 1. The third-order valence-corrected chi connectivity index (χ3v) is 3.68. The highest BCUT2D eigenvalue weighted by molar-refractivity contribution is 6.05. The number of esters is 1. The van der Waals surface area contributed by atoms with Crippen molar-refractivity contribution in [3.8, 4) is 5.75 Å². The Kier molecular flexibility index (Phi) is 4.93. The van der Waals surface area contributed by atoms with Crippen LogP contribution >= 0.6 is 0 Å². The zero-order valence-electron chi connectivity index (χ0n) is 14.2. The van der Waals surface area contributed by atoms with Gasteiger partial charge in [0.25, 0.3) is 5.91 Å². The number of ether oxygens (including phenoxy) is 1. The average Bonchev–Trinajstić information content (AvgIpc) is 2.55. The first kappa shape index (κ1) is 17.5. The largest absolute Gasteiger partial charge is 0.506 e. The molecule has 1 amide bonds. The normalized spacial score (nSPS) is 11.0. The number of carbonyl (C=O) groups excluding carboxylic acids is 2. The number of methoxy groups -OCH3 is 1. The summed E-state index contributed by atoms with van der Waals surface area (Å²) in [4.78, 5) is 23.7. The third-order valence-electron chi connectivity index (χ3n) is 3.68. The molecule has 0 aliphatic rings. The minimum Gasteiger partial charge on any atom is -0.506 e. The van der Waals surface area contributed by atoms with Gasteiger partial charge in [-0.25, -0.2) is 4.79 Å². The number of phenolic OH excluding ortho intramolecular Hbond substituents is 1. The van der Waals surface area contributed by atoms with Crippen LogP contribution in [-0.2, 0) is 10.2 Å². The Morgan fingerprint density at radius 2 is 1.58 bits per heavy atom. The quantitative estimate of drug-likeness (QED) is 0.665. The molecule has 0 fully saturated rings. The van der Waals surface area contributed by atoms with Crippen LogP contribution in [0.15, 0.2) is 42.5 Å². The number of aromatic hydroxyl groups is 1. The molecule has 0 unspecified atom stereocenters. The summed E-state index contributed by atoms with van der Waals surface area (Å²) in [6, 6.07) is 11.5. The van der Waals surface area contributed by atoms with Gasteiger partial charge in [0.2, 0.25) is 0 Å².